The second-order valence-electron chi connectivity index (χ2n) is 6.50. The average molecular weight is 284 g/mol. The third-order valence-electron chi connectivity index (χ3n) is 4.68. The molecule has 6 heteroatoms. The minimum atomic E-state index is -0.826. The summed E-state index contributed by atoms with van der Waals surface area (Å²) in [4.78, 5) is 27.2. The number of likely N-dealkylation sites (tertiary alicyclic amines) is 2. The van der Waals surface area contributed by atoms with Crippen LogP contribution >= 0.6 is 0 Å². The number of rotatable bonds is 2. The van der Waals surface area contributed by atoms with Crippen LogP contribution in [-0.2, 0) is 9.53 Å². The van der Waals surface area contributed by atoms with Gasteiger partial charge in [0, 0.05) is 26.7 Å². The molecule has 0 aromatic rings. The third kappa shape index (κ3) is 2.75. The molecule has 0 aromatic heterocycles. The maximum absolute atomic E-state index is 12.5. The summed E-state index contributed by atoms with van der Waals surface area (Å²) >= 11 is 0. The van der Waals surface area contributed by atoms with Crippen LogP contribution in [0.3, 0.4) is 0 Å². The normalized spacial score (nSPS) is 34.4. The van der Waals surface area contributed by atoms with Crippen LogP contribution in [0.2, 0.25) is 0 Å². The van der Waals surface area contributed by atoms with Gasteiger partial charge in [-0.25, -0.2) is 4.79 Å². The molecular formula is C14H24N2O4. The molecule has 0 saturated carbocycles. The van der Waals surface area contributed by atoms with E-state index >= 15 is 0 Å². The Kier molecular flexibility index (Phi) is 3.95. The van der Waals surface area contributed by atoms with Crippen molar-refractivity contribution in [2.24, 2.45) is 5.41 Å². The Bertz CT molecular complexity index is 414. The molecule has 2 fully saturated rings. The molecule has 0 bridgehead atoms. The molecule has 0 aliphatic carbocycles. The van der Waals surface area contributed by atoms with Crippen LogP contribution in [0, 0.1) is 5.41 Å². The zero-order valence-electron chi connectivity index (χ0n) is 12.5. The lowest BCUT2D eigenvalue weighted by atomic mass is 9.90. The van der Waals surface area contributed by atoms with E-state index in [0.717, 1.165) is 19.4 Å². The molecule has 6 nitrogen and oxygen atoms in total. The van der Waals surface area contributed by atoms with Gasteiger partial charge >= 0.3 is 12.0 Å². The molecule has 2 aliphatic heterocycles. The minimum absolute atomic E-state index is 0.0575. The third-order valence-corrected chi connectivity index (χ3v) is 4.68. The van der Waals surface area contributed by atoms with Gasteiger partial charge < -0.3 is 19.6 Å². The number of carboxylic acid groups (broad SMARTS) is 1. The Morgan fingerprint density at radius 2 is 1.75 bits per heavy atom. The van der Waals surface area contributed by atoms with Gasteiger partial charge in [-0.15, -0.1) is 0 Å². The van der Waals surface area contributed by atoms with Crippen LogP contribution in [0.1, 0.15) is 33.1 Å². The van der Waals surface area contributed by atoms with Crippen LogP contribution in [0.15, 0.2) is 0 Å². The van der Waals surface area contributed by atoms with E-state index in [9.17, 15) is 14.7 Å². The van der Waals surface area contributed by atoms with Crippen LogP contribution < -0.4 is 0 Å². The standard InChI is InChI=1S/C14H24N2O4/c1-13(11(17)18)6-8-16(9-13)12(19)15-7-4-5-14(2,10-15)20-3/h4-10H2,1-3H3,(H,17,18). The van der Waals surface area contributed by atoms with Crippen LogP contribution in [0.4, 0.5) is 4.79 Å². The van der Waals surface area contributed by atoms with Gasteiger partial charge in [-0.2, -0.15) is 0 Å². The number of aliphatic carboxylic acids is 1. The van der Waals surface area contributed by atoms with Crippen molar-refractivity contribution >= 4 is 12.0 Å². The van der Waals surface area contributed by atoms with Crippen molar-refractivity contribution in [1.29, 1.82) is 0 Å². The summed E-state index contributed by atoms with van der Waals surface area (Å²) in [5.41, 5.74) is -1.10. The molecule has 0 radical (unpaired) electrons. The van der Waals surface area contributed by atoms with Gasteiger partial charge in [0.05, 0.1) is 17.6 Å². The maximum Gasteiger partial charge on any atom is 0.320 e. The van der Waals surface area contributed by atoms with Crippen LogP contribution in [-0.4, -0.2) is 65.8 Å². The number of carbonyl (C=O) groups is 2. The number of piperidine rings is 1. The Labute approximate surface area is 119 Å². The molecule has 0 aromatic carbocycles. The molecule has 2 aliphatic rings. The molecular weight excluding hydrogens is 260 g/mol. The molecule has 114 valence electrons. The second-order valence-corrected chi connectivity index (χ2v) is 6.50. The molecule has 2 saturated heterocycles. The number of methoxy groups -OCH3 is 1. The number of urea groups is 1. The summed E-state index contributed by atoms with van der Waals surface area (Å²) in [7, 11) is 1.67. The Morgan fingerprint density at radius 1 is 1.10 bits per heavy atom. The van der Waals surface area contributed by atoms with Gasteiger partial charge in [0.15, 0.2) is 0 Å². The number of hydrogen-bond acceptors (Lipinski definition) is 3. The van der Waals surface area contributed by atoms with E-state index in [1.165, 1.54) is 0 Å². The summed E-state index contributed by atoms with van der Waals surface area (Å²) in [6.45, 7) is 5.82. The number of nitrogens with zero attached hydrogens (tertiary/aromatic N) is 2. The van der Waals surface area contributed by atoms with Crippen molar-refractivity contribution in [2.75, 3.05) is 33.3 Å². The highest BCUT2D eigenvalue weighted by Crippen LogP contribution is 2.32. The fourth-order valence-corrected chi connectivity index (χ4v) is 3.03. The molecule has 2 unspecified atom stereocenters. The number of amides is 2. The van der Waals surface area contributed by atoms with Gasteiger partial charge in [0.25, 0.3) is 0 Å². The summed E-state index contributed by atoms with van der Waals surface area (Å²) in [6.07, 6.45) is 2.38. The van der Waals surface area contributed by atoms with E-state index in [1.54, 1.807) is 23.8 Å². The van der Waals surface area contributed by atoms with Crippen molar-refractivity contribution < 1.29 is 19.4 Å². The van der Waals surface area contributed by atoms with E-state index in [4.69, 9.17) is 4.74 Å². The van der Waals surface area contributed by atoms with E-state index in [0.29, 0.717) is 26.1 Å². The summed E-state index contributed by atoms with van der Waals surface area (Å²) in [5.74, 6) is -0.826. The van der Waals surface area contributed by atoms with Crippen molar-refractivity contribution in [1.82, 2.24) is 9.80 Å². The molecule has 1 N–H and O–H groups in total. The monoisotopic (exact) mass is 284 g/mol. The number of carboxylic acids is 1. The summed E-state index contributed by atoms with van der Waals surface area (Å²) in [5, 5.41) is 9.23. The number of carbonyl (C=O) groups excluding carboxylic acids is 1. The molecule has 2 amide bonds. The lowest BCUT2D eigenvalue weighted by Crippen LogP contribution is -2.53. The van der Waals surface area contributed by atoms with Crippen LogP contribution in [0.25, 0.3) is 0 Å². The number of hydrogen-bond donors (Lipinski definition) is 1. The highest BCUT2D eigenvalue weighted by atomic mass is 16.5. The van der Waals surface area contributed by atoms with Gasteiger partial charge in [0.2, 0.25) is 0 Å². The zero-order valence-corrected chi connectivity index (χ0v) is 12.5. The van der Waals surface area contributed by atoms with Gasteiger partial charge in [-0.1, -0.05) is 0 Å². The first-order chi connectivity index (χ1) is 9.30. The quantitative estimate of drug-likeness (QED) is 0.832. The van der Waals surface area contributed by atoms with Crippen molar-refractivity contribution in [3.8, 4) is 0 Å². The summed E-state index contributed by atoms with van der Waals surface area (Å²) < 4.78 is 5.49. The first-order valence-corrected chi connectivity index (χ1v) is 7.12. The van der Waals surface area contributed by atoms with Crippen molar-refractivity contribution in [3.63, 3.8) is 0 Å². The van der Waals surface area contributed by atoms with E-state index in [1.807, 2.05) is 6.92 Å². The van der Waals surface area contributed by atoms with Crippen LogP contribution in [0.5, 0.6) is 0 Å². The Balaban J connectivity index is 2.00. The molecule has 2 heterocycles. The highest BCUT2D eigenvalue weighted by molar-refractivity contribution is 5.79. The van der Waals surface area contributed by atoms with Gasteiger partial charge in [-0.05, 0) is 33.1 Å². The Morgan fingerprint density at radius 3 is 2.30 bits per heavy atom. The average Bonchev–Trinajstić information content (AvgIpc) is 2.82. The predicted molar refractivity (Wildman–Crippen MR) is 73.5 cm³/mol. The van der Waals surface area contributed by atoms with Crippen molar-refractivity contribution in [3.05, 3.63) is 0 Å². The van der Waals surface area contributed by atoms with E-state index < -0.39 is 11.4 Å². The fourth-order valence-electron chi connectivity index (χ4n) is 3.03. The summed E-state index contributed by atoms with van der Waals surface area (Å²) in [6, 6.07) is -0.0575. The second kappa shape index (κ2) is 5.24. The van der Waals surface area contributed by atoms with Gasteiger partial charge in [-0.3, -0.25) is 4.79 Å². The SMILES string of the molecule is COC1(C)CCCN(C(=O)N2CCC(C)(C(=O)O)C2)C1. The first-order valence-electron chi connectivity index (χ1n) is 7.12. The Hall–Kier alpha value is -1.30. The smallest absolute Gasteiger partial charge is 0.320 e. The largest absolute Gasteiger partial charge is 0.481 e. The maximum atomic E-state index is 12.5. The lowest BCUT2D eigenvalue weighted by Gasteiger charge is -2.40. The minimum Gasteiger partial charge on any atom is -0.481 e. The lowest BCUT2D eigenvalue weighted by molar-refractivity contribution is -0.147. The predicted octanol–water partition coefficient (Wildman–Crippen LogP) is 1.40. The highest BCUT2D eigenvalue weighted by Gasteiger charge is 2.44. The van der Waals surface area contributed by atoms with Crippen molar-refractivity contribution in [2.45, 2.75) is 38.7 Å². The zero-order chi connectivity index (χ0) is 15.0. The fraction of sp³-hybridized carbons (Fsp3) is 0.857. The van der Waals surface area contributed by atoms with E-state index in [-0.39, 0.29) is 11.6 Å². The molecule has 0 spiro atoms. The number of ether oxygens (including phenoxy) is 1. The van der Waals surface area contributed by atoms with Gasteiger partial charge in [0.1, 0.15) is 0 Å². The first kappa shape index (κ1) is 15.1. The molecule has 2 rings (SSSR count). The molecule has 20 heavy (non-hydrogen) atoms. The topological polar surface area (TPSA) is 70.1 Å². The molecule has 2 atom stereocenters. The van der Waals surface area contributed by atoms with E-state index in [2.05, 4.69) is 0 Å².